The third kappa shape index (κ3) is 6.63. The molecule has 262 valence electrons. The van der Waals surface area contributed by atoms with E-state index in [4.69, 9.17) is 16.3 Å². The van der Waals surface area contributed by atoms with E-state index in [9.17, 15) is 26.7 Å². The molecular formula is C35H46ClN3O7S2. The summed E-state index contributed by atoms with van der Waals surface area (Å²) in [5.41, 5.74) is 1.16. The van der Waals surface area contributed by atoms with Crippen LogP contribution in [-0.2, 0) is 31.9 Å². The molecule has 2 aromatic carbocycles. The Kier molecular flexibility index (Phi) is 9.47. The Hall–Kier alpha value is -2.64. The van der Waals surface area contributed by atoms with Gasteiger partial charge < -0.3 is 14.7 Å². The number of aliphatic hydroxyl groups is 1. The lowest BCUT2D eigenvalue weighted by atomic mass is 9.64. The molecule has 1 saturated carbocycles. The molecule has 1 spiro atoms. The summed E-state index contributed by atoms with van der Waals surface area (Å²) < 4.78 is 63.1. The quantitative estimate of drug-likeness (QED) is 0.443. The Morgan fingerprint density at radius 2 is 1.92 bits per heavy atom. The Morgan fingerprint density at radius 3 is 2.62 bits per heavy atom. The number of fused-ring (bicyclic) bond motifs is 4. The van der Waals surface area contributed by atoms with Crippen molar-refractivity contribution in [2.45, 2.75) is 68.6 Å². The molecule has 0 unspecified atom stereocenters. The highest BCUT2D eigenvalue weighted by Gasteiger charge is 2.50. The number of halogens is 1. The van der Waals surface area contributed by atoms with E-state index in [-0.39, 0.29) is 29.2 Å². The monoisotopic (exact) mass is 719 g/mol. The standard InChI is InChI=1S/C35H46ClN3O7S2/c1-23-7-5-16-35(41,22-47(42,43)38(3)4)30-12-9-27(30)19-39-20-34(15-6-8-25-17-28(36)11-13-29(25)34)21-46-32-14-10-26(18-31(32)39)33(40)37-48(44,45)24(23)2/h5,10-11,13-14,16-18,23-24,27,30,41H,6-9,12,15,19-22H2,1-4H3,(H,37,40)/b16-5+/t23-,24+,27-,30+,34-,35+/m0/s1. The Labute approximate surface area is 289 Å². The normalized spacial score (nSPS) is 32.6. The van der Waals surface area contributed by atoms with Gasteiger partial charge in [0.1, 0.15) is 11.4 Å². The number of ether oxygens (including phenoxy) is 1. The van der Waals surface area contributed by atoms with Gasteiger partial charge in [-0.05, 0) is 105 Å². The molecule has 6 atom stereocenters. The number of benzene rings is 2. The number of anilines is 1. The zero-order valence-corrected chi connectivity index (χ0v) is 30.4. The fraction of sp³-hybridized carbons (Fsp3) is 0.571. The summed E-state index contributed by atoms with van der Waals surface area (Å²) in [6.45, 7) is 4.75. The van der Waals surface area contributed by atoms with Crippen LogP contribution in [0, 0.1) is 17.8 Å². The average Bonchev–Trinajstić information content (AvgIpc) is 3.14. The van der Waals surface area contributed by atoms with E-state index in [0.29, 0.717) is 42.6 Å². The number of hydrogen-bond acceptors (Lipinski definition) is 8. The van der Waals surface area contributed by atoms with Crippen LogP contribution in [-0.4, -0.2) is 82.6 Å². The van der Waals surface area contributed by atoms with E-state index in [1.807, 2.05) is 12.1 Å². The number of carbonyl (C=O) groups is 1. The topological polar surface area (TPSA) is 133 Å². The number of carbonyl (C=O) groups excluding carboxylic acids is 1. The Balaban J connectivity index is 1.47. The number of sulfonamides is 2. The summed E-state index contributed by atoms with van der Waals surface area (Å²) >= 11 is 6.41. The van der Waals surface area contributed by atoms with E-state index < -0.39 is 48.5 Å². The van der Waals surface area contributed by atoms with Gasteiger partial charge in [-0.15, -0.1) is 0 Å². The maximum absolute atomic E-state index is 13.5. The maximum Gasteiger partial charge on any atom is 0.264 e. The van der Waals surface area contributed by atoms with Crippen molar-refractivity contribution in [3.05, 3.63) is 70.3 Å². The van der Waals surface area contributed by atoms with Crippen LogP contribution >= 0.6 is 11.6 Å². The Bertz CT molecular complexity index is 1830. The van der Waals surface area contributed by atoms with E-state index in [1.54, 1.807) is 44.2 Å². The van der Waals surface area contributed by atoms with Gasteiger partial charge in [0.2, 0.25) is 20.0 Å². The molecule has 0 aromatic heterocycles. The van der Waals surface area contributed by atoms with Crippen LogP contribution in [0.2, 0.25) is 5.02 Å². The molecule has 2 heterocycles. The molecule has 0 radical (unpaired) electrons. The molecular weight excluding hydrogens is 674 g/mol. The van der Waals surface area contributed by atoms with Gasteiger partial charge in [0.05, 0.1) is 23.3 Å². The molecule has 2 aromatic rings. The van der Waals surface area contributed by atoms with Crippen molar-refractivity contribution in [3.63, 3.8) is 0 Å². The van der Waals surface area contributed by atoms with Gasteiger partial charge in [0, 0.05) is 43.2 Å². The number of rotatable bonds is 3. The lowest BCUT2D eigenvalue weighted by Crippen LogP contribution is -2.55. The van der Waals surface area contributed by atoms with Crippen molar-refractivity contribution in [3.8, 4) is 5.75 Å². The second kappa shape index (κ2) is 12.9. The second-order valence-corrected chi connectivity index (χ2v) is 19.2. The van der Waals surface area contributed by atoms with Crippen molar-refractivity contribution >= 4 is 43.2 Å². The predicted molar refractivity (Wildman–Crippen MR) is 188 cm³/mol. The molecule has 48 heavy (non-hydrogen) atoms. The minimum absolute atomic E-state index is 0.0598. The van der Waals surface area contributed by atoms with Crippen molar-refractivity contribution in [1.82, 2.24) is 9.03 Å². The highest BCUT2D eigenvalue weighted by molar-refractivity contribution is 7.90. The van der Waals surface area contributed by atoms with Gasteiger partial charge in [0.15, 0.2) is 0 Å². The summed E-state index contributed by atoms with van der Waals surface area (Å²) in [4.78, 5) is 15.7. The minimum Gasteiger partial charge on any atom is -0.490 e. The Morgan fingerprint density at radius 1 is 1.15 bits per heavy atom. The third-order valence-corrected chi connectivity index (χ3v) is 15.3. The van der Waals surface area contributed by atoms with Crippen molar-refractivity contribution < 1.29 is 31.5 Å². The first-order chi connectivity index (χ1) is 22.5. The zero-order chi connectivity index (χ0) is 34.6. The van der Waals surface area contributed by atoms with Gasteiger partial charge in [-0.25, -0.2) is 25.9 Å². The highest BCUT2D eigenvalue weighted by atomic mass is 35.5. The molecule has 10 nitrogen and oxygen atoms in total. The summed E-state index contributed by atoms with van der Waals surface area (Å²) in [5.74, 6) is -1.45. The third-order valence-electron chi connectivity index (χ3n) is 11.2. The molecule has 2 aliphatic heterocycles. The maximum atomic E-state index is 13.5. The van der Waals surface area contributed by atoms with Crippen molar-refractivity contribution in [2.75, 3.05) is 44.4 Å². The lowest BCUT2D eigenvalue weighted by Gasteiger charge is -2.49. The van der Waals surface area contributed by atoms with Crippen LogP contribution in [0.5, 0.6) is 5.75 Å². The number of nitrogens with zero attached hydrogens (tertiary/aromatic N) is 2. The van der Waals surface area contributed by atoms with Crippen LogP contribution in [0.3, 0.4) is 0 Å². The van der Waals surface area contributed by atoms with Crippen molar-refractivity contribution in [1.29, 1.82) is 0 Å². The van der Waals surface area contributed by atoms with Crippen LogP contribution in [0.1, 0.15) is 67.4 Å². The fourth-order valence-electron chi connectivity index (χ4n) is 7.95. The van der Waals surface area contributed by atoms with E-state index in [0.717, 1.165) is 30.0 Å². The fourth-order valence-corrected chi connectivity index (χ4v) is 10.6. The van der Waals surface area contributed by atoms with Crippen LogP contribution < -0.4 is 14.4 Å². The van der Waals surface area contributed by atoms with Gasteiger partial charge in [-0.3, -0.25) is 4.79 Å². The summed E-state index contributed by atoms with van der Waals surface area (Å²) in [5, 5.41) is 12.0. The highest BCUT2D eigenvalue weighted by Crippen LogP contribution is 2.48. The van der Waals surface area contributed by atoms with E-state index >= 15 is 0 Å². The molecule has 4 aliphatic rings. The molecule has 6 rings (SSSR count). The van der Waals surface area contributed by atoms with Crippen LogP contribution in [0.4, 0.5) is 5.69 Å². The summed E-state index contributed by atoms with van der Waals surface area (Å²) in [6.07, 6.45) is 7.70. The number of amides is 1. The first-order valence-electron chi connectivity index (χ1n) is 16.7. The number of nitrogens with one attached hydrogen (secondary N) is 1. The second-order valence-electron chi connectivity index (χ2n) is 14.6. The molecule has 1 fully saturated rings. The minimum atomic E-state index is -4.07. The number of hydrogen-bond donors (Lipinski definition) is 2. The van der Waals surface area contributed by atoms with Gasteiger partial charge in [-0.2, -0.15) is 0 Å². The molecule has 0 saturated heterocycles. The number of aryl methyl sites for hydroxylation is 1. The first kappa shape index (κ1) is 35.2. The lowest BCUT2D eigenvalue weighted by molar-refractivity contribution is -0.0294. The molecule has 2 N–H and O–H groups in total. The van der Waals surface area contributed by atoms with Crippen molar-refractivity contribution in [2.24, 2.45) is 17.8 Å². The summed E-state index contributed by atoms with van der Waals surface area (Å²) in [7, 11) is -4.95. The van der Waals surface area contributed by atoms with Gasteiger partial charge >= 0.3 is 0 Å². The molecule has 1 amide bonds. The molecule has 2 aliphatic carbocycles. The SMILES string of the molecule is C[C@@H]1[C@@H](C)C/C=C/[C@@](O)(CS(=O)(=O)N(C)C)[C@@H]2CC[C@H]2CN2C[C@@]3(CCCc4cc(Cl)ccc43)COc3ccc(cc32)C(=O)NS1(=O)=O. The van der Waals surface area contributed by atoms with Crippen LogP contribution in [0.15, 0.2) is 48.6 Å². The molecule has 13 heteroatoms. The van der Waals surface area contributed by atoms with Gasteiger partial charge in [-0.1, -0.05) is 36.7 Å². The first-order valence-corrected chi connectivity index (χ1v) is 20.2. The average molecular weight is 720 g/mol. The van der Waals surface area contributed by atoms with E-state index in [2.05, 4.69) is 15.7 Å². The zero-order valence-electron chi connectivity index (χ0n) is 28.0. The van der Waals surface area contributed by atoms with Gasteiger partial charge in [0.25, 0.3) is 5.91 Å². The summed E-state index contributed by atoms with van der Waals surface area (Å²) in [6, 6.07) is 11.0. The smallest absolute Gasteiger partial charge is 0.264 e. The van der Waals surface area contributed by atoms with E-state index in [1.165, 1.54) is 25.2 Å². The van der Waals surface area contributed by atoms with Crippen LogP contribution in [0.25, 0.3) is 0 Å². The predicted octanol–water partition coefficient (Wildman–Crippen LogP) is 4.51. The largest absolute Gasteiger partial charge is 0.490 e. The number of allylic oxidation sites excluding steroid dienone is 1. The molecule has 2 bridgehead atoms.